The zero-order valence-electron chi connectivity index (χ0n) is 20.2. The van der Waals surface area contributed by atoms with Gasteiger partial charge < -0.3 is 15.5 Å². The number of piperidine rings is 1. The first-order valence-electron chi connectivity index (χ1n) is 12.3. The van der Waals surface area contributed by atoms with Crippen molar-refractivity contribution in [2.45, 2.75) is 18.9 Å². The van der Waals surface area contributed by atoms with Gasteiger partial charge in [0.2, 0.25) is 0 Å². The van der Waals surface area contributed by atoms with E-state index in [-0.39, 0.29) is 5.70 Å². The minimum Gasteiger partial charge on any atom is -0.397 e. The number of nitrogens with zero attached hydrogens (tertiary/aromatic N) is 5. The van der Waals surface area contributed by atoms with E-state index in [0.29, 0.717) is 22.9 Å². The molecule has 4 heterocycles. The molecule has 4 N–H and O–H groups in total. The van der Waals surface area contributed by atoms with Gasteiger partial charge in [0.25, 0.3) is 0 Å². The third-order valence-corrected chi connectivity index (χ3v) is 7.30. The van der Waals surface area contributed by atoms with Gasteiger partial charge in [0, 0.05) is 50.9 Å². The highest BCUT2D eigenvalue weighted by molar-refractivity contribution is 6.16. The summed E-state index contributed by atoms with van der Waals surface area (Å²) in [6.07, 6.45) is 5.63. The number of aromatic nitrogens is 2. The van der Waals surface area contributed by atoms with E-state index in [0.717, 1.165) is 68.8 Å². The highest BCUT2D eigenvalue weighted by Crippen LogP contribution is 2.27. The fourth-order valence-corrected chi connectivity index (χ4v) is 5.13. The summed E-state index contributed by atoms with van der Waals surface area (Å²) in [7, 11) is 2.20. The summed E-state index contributed by atoms with van der Waals surface area (Å²) in [4.78, 5) is 16.9. The van der Waals surface area contributed by atoms with Crippen LogP contribution in [0.3, 0.4) is 0 Å². The molecule has 2 aliphatic heterocycles. The van der Waals surface area contributed by atoms with Crippen molar-refractivity contribution in [2.24, 2.45) is 5.73 Å². The molecule has 182 valence electrons. The molecule has 7 nitrogen and oxygen atoms in total. The van der Waals surface area contributed by atoms with Crippen molar-refractivity contribution in [1.29, 1.82) is 0 Å². The van der Waals surface area contributed by atoms with Gasteiger partial charge in [0.1, 0.15) is 5.82 Å². The fourth-order valence-electron chi connectivity index (χ4n) is 5.13. The molecule has 2 fully saturated rings. The van der Waals surface area contributed by atoms with Crippen LogP contribution in [0.2, 0.25) is 0 Å². The zero-order valence-corrected chi connectivity index (χ0v) is 20.2. The lowest BCUT2D eigenvalue weighted by Gasteiger charge is -2.42. The molecule has 0 aliphatic carbocycles. The molecule has 2 aliphatic rings. The molecule has 0 bridgehead atoms. The molecule has 35 heavy (non-hydrogen) atoms. The average molecular weight is 475 g/mol. The molecule has 8 heteroatoms. The molecule has 2 aromatic heterocycles. The number of fused-ring (bicyclic) bond motifs is 1. The summed E-state index contributed by atoms with van der Waals surface area (Å²) in [5, 5.41) is 5.91. The Morgan fingerprint density at radius 3 is 2.49 bits per heavy atom. The molecule has 0 amide bonds. The number of halogens is 1. The van der Waals surface area contributed by atoms with Gasteiger partial charge in [0.15, 0.2) is 6.21 Å². The summed E-state index contributed by atoms with van der Waals surface area (Å²) in [5.41, 5.74) is 10.6. The summed E-state index contributed by atoms with van der Waals surface area (Å²) < 4.78 is 14.3. The molecule has 0 saturated carbocycles. The number of anilines is 1. The summed E-state index contributed by atoms with van der Waals surface area (Å²) in [6, 6.07) is 12.9. The van der Waals surface area contributed by atoms with Gasteiger partial charge in [-0.2, -0.15) is 0 Å². The lowest BCUT2D eigenvalue weighted by molar-refractivity contribution is -0.103. The molecule has 2 saturated heterocycles. The number of hydrogen-bond acceptors (Lipinski definition) is 6. The molecular weight excluding hydrogens is 441 g/mol. The average Bonchev–Trinajstić information content (AvgIpc) is 2.89. The number of allylic oxidation sites excluding steroid dienone is 1. The van der Waals surface area contributed by atoms with E-state index in [1.54, 1.807) is 18.2 Å². The predicted octanol–water partition coefficient (Wildman–Crippen LogP) is 1.64. The Kier molecular flexibility index (Phi) is 6.74. The van der Waals surface area contributed by atoms with Crippen molar-refractivity contribution in [1.82, 2.24) is 19.8 Å². The lowest BCUT2D eigenvalue weighted by Crippen LogP contribution is -2.52. The molecule has 0 unspecified atom stereocenters. The van der Waals surface area contributed by atoms with Crippen molar-refractivity contribution < 1.29 is 9.80 Å². The molecule has 0 radical (unpaired) electrons. The maximum atomic E-state index is 14.3. The third-order valence-electron chi connectivity index (χ3n) is 7.30. The number of likely N-dealkylation sites (N-methyl/N-ethyl adjacent to an activating group) is 1. The van der Waals surface area contributed by atoms with Crippen LogP contribution >= 0.6 is 0 Å². The van der Waals surface area contributed by atoms with Gasteiger partial charge in [-0.3, -0.25) is 15.3 Å². The van der Waals surface area contributed by atoms with Crippen molar-refractivity contribution in [3.63, 3.8) is 0 Å². The number of nitrogens with two attached hydrogens (primary N) is 2. The predicted molar refractivity (Wildman–Crippen MR) is 139 cm³/mol. The van der Waals surface area contributed by atoms with Gasteiger partial charge in [0.05, 0.1) is 39.9 Å². The van der Waals surface area contributed by atoms with Crippen LogP contribution < -0.4 is 16.0 Å². The van der Waals surface area contributed by atoms with Gasteiger partial charge in [-0.1, -0.05) is 12.1 Å². The van der Waals surface area contributed by atoms with E-state index >= 15 is 0 Å². The molecule has 3 aromatic rings. The number of hydrogen-bond donors (Lipinski definition) is 2. The molecular formula is C27H33FN7+. The van der Waals surface area contributed by atoms with Crippen LogP contribution in [0.1, 0.15) is 24.1 Å². The van der Waals surface area contributed by atoms with Crippen molar-refractivity contribution in [3.8, 4) is 0 Å². The number of rotatable bonds is 5. The van der Waals surface area contributed by atoms with Crippen LogP contribution in [-0.2, 0) is 0 Å². The Hall–Kier alpha value is -3.36. The molecule has 0 spiro atoms. The highest BCUT2D eigenvalue weighted by atomic mass is 19.1. The fraction of sp³-hybridized carbons (Fsp3) is 0.370. The lowest BCUT2D eigenvalue weighted by atomic mass is 10.0. The largest absolute Gasteiger partial charge is 0.397 e. The summed E-state index contributed by atoms with van der Waals surface area (Å²) in [6.45, 7) is 6.64. The van der Waals surface area contributed by atoms with Crippen LogP contribution in [0.4, 0.5) is 10.1 Å². The van der Waals surface area contributed by atoms with E-state index in [2.05, 4.69) is 32.8 Å². The van der Waals surface area contributed by atoms with Gasteiger partial charge in [-0.25, -0.2) is 9.37 Å². The maximum Gasteiger partial charge on any atom is 0.171 e. The Labute approximate surface area is 205 Å². The second-order valence-electron chi connectivity index (χ2n) is 9.46. The van der Waals surface area contributed by atoms with Crippen LogP contribution in [0.25, 0.3) is 22.3 Å². The first kappa shape index (κ1) is 23.4. The first-order valence-corrected chi connectivity index (χ1v) is 12.3. The number of pyridine rings is 2. The summed E-state index contributed by atoms with van der Waals surface area (Å²) >= 11 is 0. The monoisotopic (exact) mass is 474 g/mol. The topological polar surface area (TPSA) is 87.1 Å². The number of benzene rings is 1. The van der Waals surface area contributed by atoms with Gasteiger partial charge in [-0.15, -0.1) is 0 Å². The van der Waals surface area contributed by atoms with E-state index < -0.39 is 5.82 Å². The maximum absolute atomic E-state index is 14.3. The van der Waals surface area contributed by atoms with Crippen LogP contribution in [0.15, 0.2) is 48.7 Å². The molecule has 5 rings (SSSR count). The van der Waals surface area contributed by atoms with E-state index in [1.165, 1.54) is 12.3 Å². The molecule has 1 aromatic carbocycles. The highest BCUT2D eigenvalue weighted by Gasteiger charge is 2.27. The van der Waals surface area contributed by atoms with Gasteiger partial charge in [-0.05, 0) is 50.2 Å². The van der Waals surface area contributed by atoms with E-state index in [9.17, 15) is 4.39 Å². The van der Waals surface area contributed by atoms with E-state index in [1.807, 2.05) is 18.3 Å². The van der Waals surface area contributed by atoms with Crippen molar-refractivity contribution in [2.75, 3.05) is 51.2 Å². The third kappa shape index (κ3) is 4.90. The quantitative estimate of drug-likeness (QED) is 0.547. The van der Waals surface area contributed by atoms with Gasteiger partial charge >= 0.3 is 0 Å². The normalized spacial score (nSPS) is 19.1. The minimum atomic E-state index is -0.394. The Bertz CT molecular complexity index is 1240. The second-order valence-corrected chi connectivity index (χ2v) is 9.46. The Morgan fingerprint density at radius 2 is 1.77 bits per heavy atom. The van der Waals surface area contributed by atoms with E-state index in [4.69, 9.17) is 16.1 Å². The van der Waals surface area contributed by atoms with Crippen LogP contribution in [0.5, 0.6) is 0 Å². The minimum absolute atomic E-state index is 0.257. The number of piperazine rings is 1. The second kappa shape index (κ2) is 10.1. The SMILES string of the molecule is CN1CCN(C2CCN(c3cnc4ccc(C(C=[NH2+])=C(N)c5ccccc5F)nc4c3)CC2)CC1. The Balaban J connectivity index is 1.36. The van der Waals surface area contributed by atoms with Crippen LogP contribution in [0, 0.1) is 5.82 Å². The smallest absolute Gasteiger partial charge is 0.171 e. The zero-order chi connectivity index (χ0) is 24.4. The van der Waals surface area contributed by atoms with Crippen LogP contribution in [-0.4, -0.2) is 78.3 Å². The standard InChI is InChI=1S/C27H32FN7/c1-33-12-14-35(15-13-33)19-8-10-34(11-9-19)20-16-26-25(31-18-20)7-6-24(32-26)22(17-29)27(30)21-4-2-3-5-23(21)28/h2-7,16-19,29H,8-15,30H2,1H3/p+1. The first-order chi connectivity index (χ1) is 17.0. The molecule has 0 atom stereocenters. The van der Waals surface area contributed by atoms with Crippen molar-refractivity contribution >= 4 is 34.2 Å². The summed E-state index contributed by atoms with van der Waals surface area (Å²) in [5.74, 6) is -0.394. The van der Waals surface area contributed by atoms with Crippen molar-refractivity contribution in [3.05, 3.63) is 65.7 Å². The Morgan fingerprint density at radius 1 is 1.03 bits per heavy atom.